The van der Waals surface area contributed by atoms with Gasteiger partial charge in [0, 0.05) is 24.8 Å². The first-order chi connectivity index (χ1) is 9.13. The molecule has 19 heavy (non-hydrogen) atoms. The Morgan fingerprint density at radius 1 is 1.11 bits per heavy atom. The fraction of sp³-hybridized carbons (Fsp3) is 0.267. The van der Waals surface area contributed by atoms with E-state index < -0.39 is 0 Å². The van der Waals surface area contributed by atoms with Gasteiger partial charge in [-0.05, 0) is 29.7 Å². The van der Waals surface area contributed by atoms with E-state index in [1.54, 1.807) is 10.9 Å². The second-order valence-electron chi connectivity index (χ2n) is 5.06. The van der Waals surface area contributed by atoms with Crippen LogP contribution in [0, 0.1) is 0 Å². The lowest BCUT2D eigenvalue weighted by atomic mass is 10.0. The zero-order valence-corrected chi connectivity index (χ0v) is 11.3. The third-order valence-electron chi connectivity index (χ3n) is 3.22. The van der Waals surface area contributed by atoms with E-state index in [9.17, 15) is 0 Å². The highest BCUT2D eigenvalue weighted by atomic mass is 15.2. The highest BCUT2D eigenvalue weighted by Crippen LogP contribution is 2.22. The second kappa shape index (κ2) is 4.46. The third-order valence-corrected chi connectivity index (χ3v) is 3.22. The van der Waals surface area contributed by atoms with Crippen molar-refractivity contribution in [3.05, 3.63) is 42.4 Å². The van der Waals surface area contributed by atoms with Gasteiger partial charge in [0.1, 0.15) is 5.52 Å². The fourth-order valence-electron chi connectivity index (χ4n) is 2.14. The predicted octanol–water partition coefficient (Wildman–Crippen LogP) is 3.15. The van der Waals surface area contributed by atoms with Crippen molar-refractivity contribution in [2.45, 2.75) is 19.8 Å². The molecule has 0 fully saturated rings. The Hall–Kier alpha value is -2.23. The highest BCUT2D eigenvalue weighted by Gasteiger charge is 2.07. The van der Waals surface area contributed by atoms with Crippen LogP contribution in [0.5, 0.6) is 0 Å². The summed E-state index contributed by atoms with van der Waals surface area (Å²) in [6.07, 6.45) is 5.64. The Morgan fingerprint density at radius 2 is 1.89 bits per heavy atom. The van der Waals surface area contributed by atoms with Gasteiger partial charge in [-0.15, -0.1) is 0 Å². The van der Waals surface area contributed by atoms with E-state index in [2.05, 4.69) is 41.0 Å². The number of hydrogen-bond donors (Lipinski definition) is 0. The Balaban J connectivity index is 2.10. The summed E-state index contributed by atoms with van der Waals surface area (Å²) in [7, 11) is 1.91. The standard InChI is InChI=1S/C15H16N4/c1-10(2)11-4-5-16-13(6-11)14-7-12-9-19(3)18-15(12)8-17-14/h4-10H,1-3H3. The third kappa shape index (κ3) is 2.21. The van der Waals surface area contributed by atoms with Crippen LogP contribution < -0.4 is 0 Å². The van der Waals surface area contributed by atoms with E-state index in [4.69, 9.17) is 0 Å². The minimum Gasteiger partial charge on any atom is -0.275 e. The molecule has 0 atom stereocenters. The van der Waals surface area contributed by atoms with Gasteiger partial charge in [0.25, 0.3) is 0 Å². The summed E-state index contributed by atoms with van der Waals surface area (Å²) in [6, 6.07) is 6.20. The maximum absolute atomic E-state index is 4.45. The number of aromatic nitrogens is 4. The Kier molecular flexibility index (Phi) is 2.78. The molecule has 0 aliphatic carbocycles. The maximum atomic E-state index is 4.45. The van der Waals surface area contributed by atoms with Gasteiger partial charge >= 0.3 is 0 Å². The van der Waals surface area contributed by atoms with Gasteiger partial charge in [-0.1, -0.05) is 13.8 Å². The summed E-state index contributed by atoms with van der Waals surface area (Å²) in [6.45, 7) is 4.35. The largest absolute Gasteiger partial charge is 0.275 e. The predicted molar refractivity (Wildman–Crippen MR) is 75.8 cm³/mol. The van der Waals surface area contributed by atoms with Crippen LogP contribution in [0.2, 0.25) is 0 Å². The van der Waals surface area contributed by atoms with Crippen molar-refractivity contribution in [2.24, 2.45) is 7.05 Å². The summed E-state index contributed by atoms with van der Waals surface area (Å²) in [4.78, 5) is 8.87. The molecule has 3 heterocycles. The Labute approximate surface area is 112 Å². The van der Waals surface area contributed by atoms with Crippen LogP contribution in [0.3, 0.4) is 0 Å². The summed E-state index contributed by atoms with van der Waals surface area (Å²) in [5.74, 6) is 0.490. The molecular weight excluding hydrogens is 236 g/mol. The van der Waals surface area contributed by atoms with Gasteiger partial charge < -0.3 is 0 Å². The first-order valence-electron chi connectivity index (χ1n) is 6.39. The molecule has 4 heteroatoms. The van der Waals surface area contributed by atoms with Crippen LogP contribution in [0.25, 0.3) is 22.3 Å². The van der Waals surface area contributed by atoms with Crippen LogP contribution in [0.1, 0.15) is 25.3 Å². The molecule has 0 amide bonds. The number of rotatable bonds is 2. The first kappa shape index (κ1) is 11.8. The molecule has 0 N–H and O–H groups in total. The minimum atomic E-state index is 0.490. The van der Waals surface area contributed by atoms with Crippen molar-refractivity contribution in [3.63, 3.8) is 0 Å². The topological polar surface area (TPSA) is 43.6 Å². The average molecular weight is 252 g/mol. The lowest BCUT2D eigenvalue weighted by Crippen LogP contribution is -1.92. The molecule has 4 nitrogen and oxygen atoms in total. The molecule has 0 aliphatic rings. The van der Waals surface area contributed by atoms with Crippen LogP contribution in [-0.2, 0) is 7.05 Å². The molecule has 0 saturated heterocycles. The number of hydrogen-bond acceptors (Lipinski definition) is 3. The normalized spacial score (nSPS) is 11.4. The molecule has 3 aromatic rings. The van der Waals surface area contributed by atoms with E-state index in [1.807, 2.05) is 25.5 Å². The summed E-state index contributed by atoms with van der Waals surface area (Å²) in [5, 5.41) is 5.41. The van der Waals surface area contributed by atoms with Crippen molar-refractivity contribution in [2.75, 3.05) is 0 Å². The number of aryl methyl sites for hydroxylation is 1. The lowest BCUT2D eigenvalue weighted by molar-refractivity contribution is 0.779. The molecule has 0 unspecified atom stereocenters. The van der Waals surface area contributed by atoms with Crippen molar-refractivity contribution >= 4 is 10.9 Å². The molecule has 0 saturated carbocycles. The summed E-state index contributed by atoms with van der Waals surface area (Å²) < 4.78 is 1.80. The quantitative estimate of drug-likeness (QED) is 0.703. The maximum Gasteiger partial charge on any atom is 0.111 e. The van der Waals surface area contributed by atoms with Crippen LogP contribution in [0.15, 0.2) is 36.8 Å². The highest BCUT2D eigenvalue weighted by molar-refractivity contribution is 5.81. The van der Waals surface area contributed by atoms with Crippen LogP contribution in [-0.4, -0.2) is 19.7 Å². The zero-order valence-electron chi connectivity index (χ0n) is 11.3. The number of fused-ring (bicyclic) bond motifs is 1. The average Bonchev–Trinajstić information content (AvgIpc) is 2.77. The van der Waals surface area contributed by atoms with E-state index >= 15 is 0 Å². The van der Waals surface area contributed by atoms with E-state index in [0.29, 0.717) is 5.92 Å². The van der Waals surface area contributed by atoms with Crippen molar-refractivity contribution < 1.29 is 0 Å². The first-order valence-corrected chi connectivity index (χ1v) is 6.39. The van der Waals surface area contributed by atoms with E-state index in [0.717, 1.165) is 22.3 Å². The van der Waals surface area contributed by atoms with E-state index in [1.165, 1.54) is 5.56 Å². The van der Waals surface area contributed by atoms with Crippen LogP contribution >= 0.6 is 0 Å². The van der Waals surface area contributed by atoms with Crippen LogP contribution in [0.4, 0.5) is 0 Å². The molecule has 0 spiro atoms. The molecule has 0 radical (unpaired) electrons. The minimum absolute atomic E-state index is 0.490. The lowest BCUT2D eigenvalue weighted by Gasteiger charge is -2.06. The summed E-state index contributed by atoms with van der Waals surface area (Å²) in [5.41, 5.74) is 3.99. The van der Waals surface area contributed by atoms with Gasteiger partial charge in [-0.2, -0.15) is 5.10 Å². The molecule has 0 bridgehead atoms. The smallest absolute Gasteiger partial charge is 0.111 e. The van der Waals surface area contributed by atoms with Crippen molar-refractivity contribution in [3.8, 4) is 11.4 Å². The van der Waals surface area contributed by atoms with E-state index in [-0.39, 0.29) is 0 Å². The Morgan fingerprint density at radius 3 is 2.68 bits per heavy atom. The van der Waals surface area contributed by atoms with Gasteiger partial charge in [-0.3, -0.25) is 14.6 Å². The van der Waals surface area contributed by atoms with Gasteiger partial charge in [-0.25, -0.2) is 0 Å². The molecular formula is C15H16N4. The molecule has 0 aromatic carbocycles. The van der Waals surface area contributed by atoms with Gasteiger partial charge in [0.05, 0.1) is 17.6 Å². The Bertz CT molecular complexity index is 728. The fourth-order valence-corrected chi connectivity index (χ4v) is 2.14. The molecule has 3 rings (SSSR count). The van der Waals surface area contributed by atoms with Crippen molar-refractivity contribution in [1.82, 2.24) is 19.7 Å². The molecule has 3 aromatic heterocycles. The second-order valence-corrected chi connectivity index (χ2v) is 5.06. The van der Waals surface area contributed by atoms with Gasteiger partial charge in [0.2, 0.25) is 0 Å². The summed E-state index contributed by atoms with van der Waals surface area (Å²) >= 11 is 0. The molecule has 0 aliphatic heterocycles. The monoisotopic (exact) mass is 252 g/mol. The number of pyridine rings is 2. The SMILES string of the molecule is CC(C)c1ccnc(-c2cc3cn(C)nc3cn2)c1. The van der Waals surface area contributed by atoms with Gasteiger partial charge in [0.15, 0.2) is 0 Å². The zero-order chi connectivity index (χ0) is 13.4. The van der Waals surface area contributed by atoms with Crippen molar-refractivity contribution in [1.29, 1.82) is 0 Å². The number of nitrogens with zero attached hydrogens (tertiary/aromatic N) is 4. The molecule has 96 valence electrons.